The molecule has 7 nitrogen and oxygen atoms in total. The Kier molecular flexibility index (Phi) is 5.80. The van der Waals surface area contributed by atoms with Gasteiger partial charge in [-0.1, -0.05) is 35.3 Å². The molecule has 1 heterocycles. The Morgan fingerprint density at radius 1 is 1.18 bits per heavy atom. The number of nitrogens with zero attached hydrogens (tertiary/aromatic N) is 1. The van der Waals surface area contributed by atoms with E-state index in [-0.39, 0.29) is 0 Å². The zero-order valence-electron chi connectivity index (χ0n) is 14.3. The fourth-order valence-electron chi connectivity index (χ4n) is 2.44. The van der Waals surface area contributed by atoms with Gasteiger partial charge in [0.15, 0.2) is 0 Å². The fraction of sp³-hybridized carbons (Fsp3) is 0.0588. The number of benzene rings is 2. The van der Waals surface area contributed by atoms with E-state index in [9.17, 15) is 13.2 Å². The third-order valence-electron chi connectivity index (χ3n) is 3.47. The molecule has 0 unspecified atom stereocenters. The zero-order chi connectivity index (χ0) is 20.5. The third-order valence-corrected chi connectivity index (χ3v) is 5.35. The highest BCUT2D eigenvalue weighted by molar-refractivity contribution is 7.85. The number of carbonyl (C=O) groups excluding carboxylic acids is 1. The van der Waals surface area contributed by atoms with Crippen molar-refractivity contribution in [2.24, 2.45) is 10.9 Å². The van der Waals surface area contributed by atoms with Crippen molar-refractivity contribution in [3.63, 3.8) is 0 Å². The molecule has 3 aromatic rings. The van der Waals surface area contributed by atoms with Gasteiger partial charge in [0.2, 0.25) is 5.96 Å². The number of rotatable bonds is 4. The Bertz CT molecular complexity index is 1190. The molecule has 0 aliphatic carbocycles. The number of nitrogens with one attached hydrogen (secondary N) is 1. The summed E-state index contributed by atoms with van der Waals surface area (Å²) in [6, 6.07) is 12.5. The molecule has 0 radical (unpaired) electrons. The second kappa shape index (κ2) is 7.96. The zero-order valence-corrected chi connectivity index (χ0v) is 17.4. The Hall–Kier alpha value is -2.33. The Morgan fingerprint density at radius 2 is 1.86 bits per heavy atom. The molecular weight excluding hydrogens is 445 g/mol. The first kappa shape index (κ1) is 20.4. The first-order chi connectivity index (χ1) is 13.1. The van der Waals surface area contributed by atoms with E-state index in [1.807, 2.05) is 18.2 Å². The van der Waals surface area contributed by atoms with Crippen molar-refractivity contribution in [2.45, 2.75) is 0 Å². The average molecular weight is 458 g/mol. The van der Waals surface area contributed by atoms with E-state index in [2.05, 4.69) is 14.8 Å². The molecule has 0 saturated carbocycles. The van der Waals surface area contributed by atoms with E-state index in [0.29, 0.717) is 14.9 Å². The minimum absolute atomic E-state index is 0.355. The molecule has 0 aliphatic heterocycles. The maximum Gasteiger partial charge on any atom is 0.325 e. The Labute approximate surface area is 174 Å². The highest BCUT2D eigenvalue weighted by Gasteiger charge is 2.15. The van der Waals surface area contributed by atoms with Crippen LogP contribution in [0.15, 0.2) is 47.6 Å². The number of fused-ring (bicyclic) bond motifs is 1. The number of halogens is 2. The molecule has 0 atom stereocenters. The molecule has 28 heavy (non-hydrogen) atoms. The number of hydrogen-bond donors (Lipinski definition) is 2. The van der Waals surface area contributed by atoms with Crippen molar-refractivity contribution in [1.82, 2.24) is 5.32 Å². The lowest BCUT2D eigenvalue weighted by Gasteiger charge is -2.05. The van der Waals surface area contributed by atoms with Crippen LogP contribution in [0.3, 0.4) is 0 Å². The second-order valence-corrected chi connectivity index (χ2v) is 9.21. The van der Waals surface area contributed by atoms with Gasteiger partial charge >= 0.3 is 10.1 Å². The van der Waals surface area contributed by atoms with Gasteiger partial charge in [0.1, 0.15) is 0 Å². The number of nitrogens with two attached hydrogens (primary N) is 1. The van der Waals surface area contributed by atoms with Crippen LogP contribution < -0.4 is 11.1 Å². The summed E-state index contributed by atoms with van der Waals surface area (Å²) in [5.41, 5.74) is 7.15. The van der Waals surface area contributed by atoms with Crippen LogP contribution in [0, 0.1) is 0 Å². The Morgan fingerprint density at radius 3 is 2.50 bits per heavy atom. The quantitative estimate of drug-likeness (QED) is 0.351. The molecule has 3 rings (SSSR count). The average Bonchev–Trinajstić information content (AvgIpc) is 3.03. The fourth-order valence-corrected chi connectivity index (χ4v) is 4.17. The monoisotopic (exact) mass is 457 g/mol. The van der Waals surface area contributed by atoms with Crippen molar-refractivity contribution in [2.75, 3.05) is 6.26 Å². The molecule has 0 aliphatic rings. The summed E-state index contributed by atoms with van der Waals surface area (Å²) in [5, 5.41) is 7.26. The minimum Gasteiger partial charge on any atom is -0.367 e. The third kappa shape index (κ3) is 4.93. The molecule has 1 amide bonds. The van der Waals surface area contributed by atoms with Crippen molar-refractivity contribution in [3.8, 4) is 11.1 Å². The molecule has 0 saturated heterocycles. The van der Waals surface area contributed by atoms with Crippen LogP contribution in [0.25, 0.3) is 21.2 Å². The van der Waals surface area contributed by atoms with Crippen LogP contribution in [0.2, 0.25) is 10.0 Å². The van der Waals surface area contributed by atoms with Gasteiger partial charge < -0.3 is 5.73 Å². The van der Waals surface area contributed by atoms with Crippen molar-refractivity contribution < 1.29 is 17.5 Å². The maximum atomic E-state index is 12.4. The number of oxime groups is 1. The van der Waals surface area contributed by atoms with Crippen LogP contribution in [-0.4, -0.2) is 26.5 Å². The number of amides is 1. The molecule has 0 bridgehead atoms. The molecule has 146 valence electrons. The molecule has 1 aromatic heterocycles. The van der Waals surface area contributed by atoms with E-state index in [4.69, 9.17) is 28.9 Å². The summed E-state index contributed by atoms with van der Waals surface area (Å²) >= 11 is 13.4. The number of guanidine groups is 1. The van der Waals surface area contributed by atoms with Crippen LogP contribution in [0.1, 0.15) is 9.67 Å². The molecule has 2 aromatic carbocycles. The highest BCUT2D eigenvalue weighted by Crippen LogP contribution is 2.36. The number of thiophene rings is 1. The molecule has 0 spiro atoms. The summed E-state index contributed by atoms with van der Waals surface area (Å²) in [7, 11) is -3.82. The van der Waals surface area contributed by atoms with Gasteiger partial charge in [-0.25, -0.2) is 0 Å². The first-order valence-corrected chi connectivity index (χ1v) is 11.0. The van der Waals surface area contributed by atoms with Crippen molar-refractivity contribution >= 4 is 66.6 Å². The standard InChI is InChI=1S/C17H13Cl2N3O4S2/c1-28(24,25)26-22-17(20)21-16(23)15-8-13-12(3-2-4-14(13)27-15)9-5-10(18)7-11(19)6-9/h2-8H,1H3,(H3,20,21,22,23). The molecule has 3 N–H and O–H groups in total. The van der Waals surface area contributed by atoms with Crippen molar-refractivity contribution in [1.29, 1.82) is 0 Å². The molecular formula is C17H13Cl2N3O4S2. The van der Waals surface area contributed by atoms with Crippen LogP contribution in [-0.2, 0) is 14.4 Å². The van der Waals surface area contributed by atoms with Gasteiger partial charge in [0.05, 0.1) is 11.1 Å². The smallest absolute Gasteiger partial charge is 0.325 e. The van der Waals surface area contributed by atoms with Gasteiger partial charge in [-0.05, 0) is 46.6 Å². The normalized spacial score (nSPS) is 12.2. The predicted molar refractivity (Wildman–Crippen MR) is 112 cm³/mol. The maximum absolute atomic E-state index is 12.4. The van der Waals surface area contributed by atoms with E-state index in [1.165, 1.54) is 11.3 Å². The van der Waals surface area contributed by atoms with E-state index < -0.39 is 22.0 Å². The molecule has 0 fully saturated rings. The van der Waals surface area contributed by atoms with Crippen LogP contribution >= 0.6 is 34.5 Å². The van der Waals surface area contributed by atoms with Gasteiger partial charge in [0.25, 0.3) is 5.91 Å². The van der Waals surface area contributed by atoms with Crippen LogP contribution in [0.4, 0.5) is 0 Å². The summed E-state index contributed by atoms with van der Waals surface area (Å²) < 4.78 is 26.9. The summed E-state index contributed by atoms with van der Waals surface area (Å²) in [4.78, 5) is 12.8. The van der Waals surface area contributed by atoms with Gasteiger partial charge in [0, 0.05) is 20.1 Å². The molecule has 11 heteroatoms. The number of carbonyl (C=O) groups is 1. The van der Waals surface area contributed by atoms with E-state index in [1.54, 1.807) is 24.3 Å². The summed E-state index contributed by atoms with van der Waals surface area (Å²) in [6.07, 6.45) is 0.807. The first-order valence-electron chi connectivity index (χ1n) is 7.65. The topological polar surface area (TPSA) is 111 Å². The summed E-state index contributed by atoms with van der Waals surface area (Å²) in [6.45, 7) is 0. The lowest BCUT2D eigenvalue weighted by Crippen LogP contribution is -2.36. The highest BCUT2D eigenvalue weighted by atomic mass is 35.5. The van der Waals surface area contributed by atoms with E-state index >= 15 is 0 Å². The van der Waals surface area contributed by atoms with E-state index in [0.717, 1.165) is 27.5 Å². The Balaban J connectivity index is 1.93. The minimum atomic E-state index is -3.82. The van der Waals surface area contributed by atoms with Crippen molar-refractivity contribution in [3.05, 3.63) is 57.4 Å². The lowest BCUT2D eigenvalue weighted by atomic mass is 10.0. The largest absolute Gasteiger partial charge is 0.367 e. The summed E-state index contributed by atoms with van der Waals surface area (Å²) in [5.74, 6) is -1.02. The lowest BCUT2D eigenvalue weighted by molar-refractivity contribution is 0.0979. The second-order valence-electron chi connectivity index (χ2n) is 5.70. The van der Waals surface area contributed by atoms with Gasteiger partial charge in [-0.2, -0.15) is 8.42 Å². The van der Waals surface area contributed by atoms with Gasteiger partial charge in [-0.15, -0.1) is 11.3 Å². The SMILES string of the molecule is CS(=O)(=O)ON=C(N)NC(=O)c1cc2c(-c3cc(Cl)cc(Cl)c3)cccc2s1. The van der Waals surface area contributed by atoms with Gasteiger partial charge in [-0.3, -0.25) is 14.4 Å². The number of hydrogen-bond acceptors (Lipinski definition) is 6. The van der Waals surface area contributed by atoms with Crippen LogP contribution in [0.5, 0.6) is 0 Å². The predicted octanol–water partition coefficient (Wildman–Crippen LogP) is 3.81.